The molecule has 0 radical (unpaired) electrons. The van der Waals surface area contributed by atoms with E-state index in [0.717, 1.165) is 24.2 Å². The summed E-state index contributed by atoms with van der Waals surface area (Å²) in [5.41, 5.74) is 3.37. The van der Waals surface area contributed by atoms with Crippen LogP contribution in [0.25, 0.3) is 11.4 Å². The van der Waals surface area contributed by atoms with Crippen LogP contribution < -0.4 is 0 Å². The van der Waals surface area contributed by atoms with Crippen molar-refractivity contribution in [1.29, 1.82) is 0 Å². The number of fused-ring (bicyclic) bond motifs is 1. The SMILES string of the molecule is COCCN1CCc2c(cnc(-c3ccnn3C)c2C(=O)O)C1.O=C(O)C(F)(F)F. The Balaban J connectivity index is 0.000000396. The molecule has 2 N–H and O–H groups in total. The first kappa shape index (κ1) is 23.3. The minimum Gasteiger partial charge on any atom is -0.478 e. The summed E-state index contributed by atoms with van der Waals surface area (Å²) in [6.07, 6.45) is -0.939. The standard InChI is InChI=1S/C16H20N4O3.C2HF3O2/c1-19-13(3-5-18-19)15-14(16(21)22)12-4-6-20(7-8-23-2)10-11(12)9-17-15;3-2(4,5)1(6)7/h3,5,9H,4,6-8,10H2,1-2H3,(H,21,22);(H,6,7). The Bertz CT molecular complexity index is 914. The molecule has 0 aromatic carbocycles. The van der Waals surface area contributed by atoms with E-state index in [1.54, 1.807) is 37.3 Å². The zero-order chi connectivity index (χ0) is 22.5. The molecule has 0 aliphatic carbocycles. The third kappa shape index (κ3) is 5.54. The summed E-state index contributed by atoms with van der Waals surface area (Å²) in [5, 5.41) is 21.0. The van der Waals surface area contributed by atoms with Crippen molar-refractivity contribution >= 4 is 11.9 Å². The van der Waals surface area contributed by atoms with Crippen LogP contribution in [0.2, 0.25) is 0 Å². The summed E-state index contributed by atoms with van der Waals surface area (Å²) < 4.78 is 38.5. The fourth-order valence-corrected chi connectivity index (χ4v) is 3.04. The largest absolute Gasteiger partial charge is 0.490 e. The van der Waals surface area contributed by atoms with E-state index < -0.39 is 18.1 Å². The molecule has 0 bridgehead atoms. The number of halogens is 3. The first-order valence-corrected chi connectivity index (χ1v) is 8.80. The van der Waals surface area contributed by atoms with Crippen molar-refractivity contribution in [3.8, 4) is 11.4 Å². The van der Waals surface area contributed by atoms with Crippen LogP contribution in [0.3, 0.4) is 0 Å². The van der Waals surface area contributed by atoms with Crippen molar-refractivity contribution in [2.24, 2.45) is 7.05 Å². The number of hydrogen-bond acceptors (Lipinski definition) is 6. The lowest BCUT2D eigenvalue weighted by atomic mass is 9.94. The van der Waals surface area contributed by atoms with Crippen LogP contribution in [-0.2, 0) is 29.5 Å². The van der Waals surface area contributed by atoms with Gasteiger partial charge in [-0.2, -0.15) is 18.3 Å². The molecule has 2 aromatic heterocycles. The maximum atomic E-state index is 11.9. The first-order valence-electron chi connectivity index (χ1n) is 8.80. The van der Waals surface area contributed by atoms with Gasteiger partial charge in [0.15, 0.2) is 0 Å². The molecule has 1 aliphatic rings. The van der Waals surface area contributed by atoms with Gasteiger partial charge in [-0.15, -0.1) is 0 Å². The van der Waals surface area contributed by atoms with Crippen molar-refractivity contribution in [3.05, 3.63) is 35.2 Å². The third-order valence-electron chi connectivity index (χ3n) is 4.48. The highest BCUT2D eigenvalue weighted by atomic mass is 19.4. The molecule has 1 aliphatic heterocycles. The van der Waals surface area contributed by atoms with E-state index in [0.29, 0.717) is 36.5 Å². The Kier molecular flexibility index (Phi) is 7.51. The second-order valence-corrected chi connectivity index (χ2v) is 6.45. The molecule has 0 spiro atoms. The molecule has 0 fully saturated rings. The van der Waals surface area contributed by atoms with E-state index in [1.165, 1.54) is 0 Å². The van der Waals surface area contributed by atoms with E-state index in [1.807, 2.05) is 0 Å². The molecular formula is C18H21F3N4O5. The second-order valence-electron chi connectivity index (χ2n) is 6.45. The topological polar surface area (TPSA) is 118 Å². The number of carboxylic acid groups (broad SMARTS) is 2. The summed E-state index contributed by atoms with van der Waals surface area (Å²) in [4.78, 5) is 27.4. The smallest absolute Gasteiger partial charge is 0.478 e. The maximum absolute atomic E-state index is 11.9. The average molecular weight is 430 g/mol. The zero-order valence-corrected chi connectivity index (χ0v) is 16.3. The molecule has 0 atom stereocenters. The number of aliphatic carboxylic acids is 1. The van der Waals surface area contributed by atoms with Gasteiger partial charge in [-0.1, -0.05) is 0 Å². The molecule has 30 heavy (non-hydrogen) atoms. The molecule has 9 nitrogen and oxygen atoms in total. The quantitative estimate of drug-likeness (QED) is 0.738. The lowest BCUT2D eigenvalue weighted by Crippen LogP contribution is -2.34. The number of methoxy groups -OCH3 is 1. The van der Waals surface area contributed by atoms with Crippen LogP contribution in [0.5, 0.6) is 0 Å². The van der Waals surface area contributed by atoms with Gasteiger partial charge in [0, 0.05) is 46.2 Å². The predicted octanol–water partition coefficient (Wildman–Crippen LogP) is 1.82. The van der Waals surface area contributed by atoms with Crippen LogP contribution in [0, 0.1) is 0 Å². The summed E-state index contributed by atoms with van der Waals surface area (Å²) in [5.74, 6) is -3.69. The van der Waals surface area contributed by atoms with Crippen molar-refractivity contribution < 1.29 is 37.7 Å². The van der Waals surface area contributed by atoms with E-state index >= 15 is 0 Å². The highest BCUT2D eigenvalue weighted by molar-refractivity contribution is 5.96. The summed E-state index contributed by atoms with van der Waals surface area (Å²) >= 11 is 0. The van der Waals surface area contributed by atoms with Crippen molar-refractivity contribution in [2.45, 2.75) is 19.1 Å². The van der Waals surface area contributed by atoms with Gasteiger partial charge in [0.2, 0.25) is 0 Å². The predicted molar refractivity (Wildman–Crippen MR) is 97.9 cm³/mol. The lowest BCUT2D eigenvalue weighted by molar-refractivity contribution is -0.192. The molecular weight excluding hydrogens is 409 g/mol. The van der Waals surface area contributed by atoms with Gasteiger partial charge in [0.1, 0.15) is 5.69 Å². The van der Waals surface area contributed by atoms with Gasteiger partial charge in [0.25, 0.3) is 0 Å². The molecule has 12 heteroatoms. The van der Waals surface area contributed by atoms with Crippen LogP contribution in [0.15, 0.2) is 18.5 Å². The Morgan fingerprint density at radius 1 is 1.30 bits per heavy atom. The number of alkyl halides is 3. The Morgan fingerprint density at radius 2 is 1.97 bits per heavy atom. The summed E-state index contributed by atoms with van der Waals surface area (Å²) in [6.45, 7) is 3.03. The molecule has 3 heterocycles. The van der Waals surface area contributed by atoms with Crippen LogP contribution in [0.4, 0.5) is 13.2 Å². The molecule has 164 valence electrons. The van der Waals surface area contributed by atoms with Crippen molar-refractivity contribution in [1.82, 2.24) is 19.7 Å². The molecule has 0 saturated heterocycles. The number of carbonyl (C=O) groups is 2. The number of aromatic nitrogens is 3. The number of aromatic carboxylic acids is 1. The first-order chi connectivity index (χ1) is 14.1. The van der Waals surface area contributed by atoms with E-state index in [2.05, 4.69) is 15.0 Å². The normalized spacial score (nSPS) is 13.9. The number of nitrogens with zero attached hydrogens (tertiary/aromatic N) is 4. The van der Waals surface area contributed by atoms with Crippen molar-refractivity contribution in [2.75, 3.05) is 26.8 Å². The van der Waals surface area contributed by atoms with Gasteiger partial charge in [0.05, 0.1) is 17.9 Å². The maximum Gasteiger partial charge on any atom is 0.490 e. The number of aryl methyl sites for hydroxylation is 1. The molecule has 2 aromatic rings. The van der Waals surface area contributed by atoms with Gasteiger partial charge in [-0.25, -0.2) is 9.59 Å². The number of carboxylic acids is 2. The molecule has 3 rings (SSSR count). The Morgan fingerprint density at radius 3 is 2.47 bits per heavy atom. The minimum atomic E-state index is -5.08. The van der Waals surface area contributed by atoms with Crippen LogP contribution >= 0.6 is 0 Å². The van der Waals surface area contributed by atoms with Gasteiger partial charge < -0.3 is 14.9 Å². The van der Waals surface area contributed by atoms with E-state index in [4.69, 9.17) is 14.6 Å². The lowest BCUT2D eigenvalue weighted by Gasteiger charge is -2.29. The van der Waals surface area contributed by atoms with Crippen molar-refractivity contribution in [3.63, 3.8) is 0 Å². The van der Waals surface area contributed by atoms with Crippen LogP contribution in [-0.4, -0.2) is 74.8 Å². The van der Waals surface area contributed by atoms with E-state index in [-0.39, 0.29) is 0 Å². The highest BCUT2D eigenvalue weighted by Crippen LogP contribution is 2.29. The zero-order valence-electron chi connectivity index (χ0n) is 16.3. The average Bonchev–Trinajstić information content (AvgIpc) is 3.10. The Labute approximate surface area is 169 Å². The fourth-order valence-electron chi connectivity index (χ4n) is 3.04. The minimum absolute atomic E-state index is 0.303. The van der Waals surface area contributed by atoms with Gasteiger partial charge in [-0.05, 0) is 23.6 Å². The second kappa shape index (κ2) is 9.67. The van der Waals surface area contributed by atoms with Gasteiger partial charge >= 0.3 is 18.1 Å². The number of rotatable bonds is 5. The number of hydrogen-bond donors (Lipinski definition) is 2. The molecule has 0 saturated carbocycles. The Hall–Kier alpha value is -2.99. The molecule has 0 amide bonds. The highest BCUT2D eigenvalue weighted by Gasteiger charge is 2.38. The van der Waals surface area contributed by atoms with E-state index in [9.17, 15) is 23.1 Å². The third-order valence-corrected chi connectivity index (χ3v) is 4.48. The molecule has 0 unspecified atom stereocenters. The van der Waals surface area contributed by atoms with Gasteiger partial charge in [-0.3, -0.25) is 14.6 Å². The summed E-state index contributed by atoms with van der Waals surface area (Å²) in [6, 6.07) is 1.79. The monoisotopic (exact) mass is 430 g/mol. The number of ether oxygens (including phenoxy) is 1. The summed E-state index contributed by atoms with van der Waals surface area (Å²) in [7, 11) is 3.47. The fraction of sp³-hybridized carbons (Fsp3) is 0.444. The number of pyridine rings is 1. The van der Waals surface area contributed by atoms with Crippen LogP contribution in [0.1, 0.15) is 21.5 Å².